The van der Waals surface area contributed by atoms with Crippen LogP contribution in [0.5, 0.6) is 0 Å². The number of allylic oxidation sites excluding steroid dienone is 2. The molecule has 4 nitrogen and oxygen atoms in total. The summed E-state index contributed by atoms with van der Waals surface area (Å²) in [6.45, 7) is 2.04. The van der Waals surface area contributed by atoms with Gasteiger partial charge in [0.05, 0.1) is 17.3 Å². The first kappa shape index (κ1) is 16.1. The summed E-state index contributed by atoms with van der Waals surface area (Å²) in [5, 5.41) is 8.39. The Hall–Kier alpha value is -3.14. The van der Waals surface area contributed by atoms with Gasteiger partial charge in [-0.05, 0) is 31.0 Å². The normalized spacial score (nSPS) is 21.1. The van der Waals surface area contributed by atoms with Crippen LogP contribution in [0.4, 0.5) is 5.82 Å². The van der Waals surface area contributed by atoms with E-state index in [0.29, 0.717) is 12.2 Å². The first-order valence-corrected chi connectivity index (χ1v) is 9.43. The van der Waals surface area contributed by atoms with Crippen molar-refractivity contribution in [1.82, 2.24) is 9.78 Å². The van der Waals surface area contributed by atoms with Crippen LogP contribution in [0.3, 0.4) is 0 Å². The average molecular weight is 355 g/mol. The molecule has 0 saturated carbocycles. The number of nitrogens with one attached hydrogen (secondary N) is 1. The Bertz CT molecular complexity index is 1030. The third kappa shape index (κ3) is 2.52. The Morgan fingerprint density at radius 1 is 1.00 bits per heavy atom. The van der Waals surface area contributed by atoms with E-state index in [1.165, 1.54) is 5.56 Å². The van der Waals surface area contributed by atoms with E-state index in [1.807, 2.05) is 48.0 Å². The largest absolute Gasteiger partial charge is 0.343 e. The number of aryl methyl sites for hydroxylation is 1. The number of ketones is 1. The van der Waals surface area contributed by atoms with E-state index >= 15 is 0 Å². The van der Waals surface area contributed by atoms with Crippen molar-refractivity contribution in [2.75, 3.05) is 5.32 Å². The molecule has 0 amide bonds. The smallest absolute Gasteiger partial charge is 0.143 e. The lowest BCUT2D eigenvalue weighted by Crippen LogP contribution is -2.35. The lowest BCUT2D eigenvalue weighted by Gasteiger charge is -2.36. The Labute approximate surface area is 158 Å². The molecule has 0 spiro atoms. The van der Waals surface area contributed by atoms with Crippen LogP contribution in [0.25, 0.3) is 5.69 Å². The van der Waals surface area contributed by atoms with E-state index < -0.39 is 0 Å². The highest BCUT2D eigenvalue weighted by atomic mass is 16.1. The fourth-order valence-corrected chi connectivity index (χ4v) is 4.43. The Kier molecular flexibility index (Phi) is 3.71. The zero-order valence-corrected chi connectivity index (χ0v) is 15.2. The maximum absolute atomic E-state index is 12.9. The second kappa shape index (κ2) is 6.23. The van der Waals surface area contributed by atoms with Gasteiger partial charge in [-0.15, -0.1) is 0 Å². The van der Waals surface area contributed by atoms with Gasteiger partial charge in [0.15, 0.2) is 0 Å². The number of nitrogens with zero attached hydrogens (tertiary/aromatic N) is 2. The number of rotatable bonds is 2. The number of fused-ring (bicyclic) bond motifs is 2. The van der Waals surface area contributed by atoms with Crippen LogP contribution in [0.15, 0.2) is 72.4 Å². The summed E-state index contributed by atoms with van der Waals surface area (Å²) in [5.74, 6) is 1.14. The van der Waals surface area contributed by atoms with Crippen LogP contribution < -0.4 is 5.32 Å². The van der Waals surface area contributed by atoms with Gasteiger partial charge in [0.1, 0.15) is 11.6 Å². The molecule has 0 unspecified atom stereocenters. The van der Waals surface area contributed by atoms with Crippen LogP contribution >= 0.6 is 0 Å². The molecule has 2 aromatic carbocycles. The van der Waals surface area contributed by atoms with Crippen LogP contribution in [-0.2, 0) is 4.79 Å². The maximum Gasteiger partial charge on any atom is 0.143 e. The van der Waals surface area contributed by atoms with Crippen molar-refractivity contribution in [2.45, 2.75) is 25.7 Å². The highest BCUT2D eigenvalue weighted by Crippen LogP contribution is 2.48. The van der Waals surface area contributed by atoms with E-state index in [4.69, 9.17) is 5.10 Å². The first-order chi connectivity index (χ1) is 13.2. The summed E-state index contributed by atoms with van der Waals surface area (Å²) in [4.78, 5) is 12.9. The molecule has 0 radical (unpaired) electrons. The molecule has 2 aliphatic rings. The summed E-state index contributed by atoms with van der Waals surface area (Å²) in [7, 11) is 0. The van der Waals surface area contributed by atoms with Crippen molar-refractivity contribution in [2.24, 2.45) is 5.92 Å². The van der Waals surface area contributed by atoms with Gasteiger partial charge >= 0.3 is 0 Å². The molecule has 5 rings (SSSR count). The highest BCUT2D eigenvalue weighted by molar-refractivity contribution is 5.89. The van der Waals surface area contributed by atoms with Gasteiger partial charge in [0.2, 0.25) is 0 Å². The van der Waals surface area contributed by atoms with Crippen LogP contribution in [0, 0.1) is 12.8 Å². The number of carbonyl (C=O) groups excluding carboxylic acids is 1. The predicted octanol–water partition coefficient (Wildman–Crippen LogP) is 4.60. The van der Waals surface area contributed by atoms with E-state index in [0.717, 1.165) is 34.9 Å². The van der Waals surface area contributed by atoms with Crippen molar-refractivity contribution in [3.63, 3.8) is 0 Å². The molecule has 1 N–H and O–H groups in total. The molecule has 134 valence electrons. The minimum absolute atomic E-state index is 0.000961. The number of anilines is 1. The number of benzene rings is 2. The molecule has 3 aromatic rings. The van der Waals surface area contributed by atoms with Gasteiger partial charge in [0.25, 0.3) is 0 Å². The van der Waals surface area contributed by atoms with Crippen molar-refractivity contribution in [3.8, 4) is 5.69 Å². The minimum Gasteiger partial charge on any atom is -0.343 e. The zero-order valence-electron chi connectivity index (χ0n) is 15.2. The number of aromatic nitrogens is 2. The fraction of sp³-hybridized carbons (Fsp3) is 0.217. The lowest BCUT2D eigenvalue weighted by molar-refractivity contribution is -0.122. The van der Waals surface area contributed by atoms with E-state index in [9.17, 15) is 4.79 Å². The zero-order chi connectivity index (χ0) is 18.4. The predicted molar refractivity (Wildman–Crippen MR) is 106 cm³/mol. The molecule has 4 heteroatoms. The molecule has 0 saturated heterocycles. The molecular formula is C23H21N3O. The third-order valence-corrected chi connectivity index (χ3v) is 5.61. The summed E-state index contributed by atoms with van der Waals surface area (Å²) in [6.07, 6.45) is 3.59. The van der Waals surface area contributed by atoms with Crippen molar-refractivity contribution in [3.05, 3.63) is 89.3 Å². The molecule has 0 fully saturated rings. The van der Waals surface area contributed by atoms with Gasteiger partial charge in [-0.2, -0.15) is 5.10 Å². The molecule has 1 aliphatic carbocycles. The van der Waals surface area contributed by atoms with Crippen molar-refractivity contribution >= 4 is 11.6 Å². The van der Waals surface area contributed by atoms with Gasteiger partial charge < -0.3 is 5.32 Å². The summed E-state index contributed by atoms with van der Waals surface area (Å²) in [5.41, 5.74) is 5.30. The van der Waals surface area contributed by atoms with E-state index in [-0.39, 0.29) is 11.8 Å². The first-order valence-electron chi connectivity index (χ1n) is 9.43. The molecule has 1 aliphatic heterocycles. The molecule has 2 heterocycles. The standard InChI is InChI=1S/C23H21N3O/c1-15-20-21(16-9-4-2-5-10-16)22-18(13-8-14-19(22)27)24-23(20)26(25-15)17-11-6-3-7-12-17/h2-7,9-13,21-22,24H,8,14H2,1H3/t21-,22+/m0/s1. The summed E-state index contributed by atoms with van der Waals surface area (Å²) < 4.78 is 1.97. The number of hydrogen-bond acceptors (Lipinski definition) is 3. The Morgan fingerprint density at radius 2 is 1.70 bits per heavy atom. The average Bonchev–Trinajstić information content (AvgIpc) is 3.04. The van der Waals surface area contributed by atoms with E-state index in [1.54, 1.807) is 0 Å². The number of carbonyl (C=O) groups is 1. The number of para-hydroxylation sites is 1. The SMILES string of the molecule is Cc1nn(-c2ccccc2)c2c1[C@H](c1ccccc1)[C@H]1C(=O)CCC=C1N2. The van der Waals surface area contributed by atoms with Crippen molar-refractivity contribution < 1.29 is 4.79 Å². The maximum atomic E-state index is 12.9. The topological polar surface area (TPSA) is 46.9 Å². The minimum atomic E-state index is -0.152. The van der Waals surface area contributed by atoms with Crippen LogP contribution in [-0.4, -0.2) is 15.6 Å². The molecule has 0 bridgehead atoms. The summed E-state index contributed by atoms with van der Waals surface area (Å²) in [6, 6.07) is 20.5. The van der Waals surface area contributed by atoms with Crippen LogP contribution in [0.1, 0.15) is 35.6 Å². The molecule has 2 atom stereocenters. The van der Waals surface area contributed by atoms with Gasteiger partial charge in [0, 0.05) is 23.6 Å². The number of Topliss-reactive ketones (excluding diaryl/α,β-unsaturated/α-hetero) is 1. The monoisotopic (exact) mass is 355 g/mol. The highest BCUT2D eigenvalue weighted by Gasteiger charge is 2.42. The van der Waals surface area contributed by atoms with Gasteiger partial charge in [-0.3, -0.25) is 4.79 Å². The third-order valence-electron chi connectivity index (χ3n) is 5.61. The molecule has 1 aromatic heterocycles. The number of hydrogen-bond donors (Lipinski definition) is 1. The second-order valence-electron chi connectivity index (χ2n) is 7.25. The van der Waals surface area contributed by atoms with E-state index in [2.05, 4.69) is 35.7 Å². The molecule has 27 heavy (non-hydrogen) atoms. The molecular weight excluding hydrogens is 334 g/mol. The quantitative estimate of drug-likeness (QED) is 0.731. The fourth-order valence-electron chi connectivity index (χ4n) is 4.43. The van der Waals surface area contributed by atoms with Crippen LogP contribution in [0.2, 0.25) is 0 Å². The van der Waals surface area contributed by atoms with Gasteiger partial charge in [-0.25, -0.2) is 4.68 Å². The second-order valence-corrected chi connectivity index (χ2v) is 7.25. The lowest BCUT2D eigenvalue weighted by atomic mass is 9.72. The van der Waals surface area contributed by atoms with Crippen molar-refractivity contribution in [1.29, 1.82) is 0 Å². The summed E-state index contributed by atoms with van der Waals surface area (Å²) >= 11 is 0. The van der Waals surface area contributed by atoms with Gasteiger partial charge in [-0.1, -0.05) is 54.6 Å². The Morgan fingerprint density at radius 3 is 2.44 bits per heavy atom. The Balaban J connectivity index is 1.76.